The first-order valence-corrected chi connectivity index (χ1v) is 6.89. The van der Waals surface area contributed by atoms with E-state index in [9.17, 15) is 0 Å². The zero-order valence-electron chi connectivity index (χ0n) is 10.8. The Balaban J connectivity index is 1.45. The monoisotopic (exact) mass is 237 g/mol. The first kappa shape index (κ1) is 11.3. The van der Waals surface area contributed by atoms with Crippen molar-refractivity contribution in [1.29, 1.82) is 0 Å². The number of hydrogen-bond acceptors (Lipinski definition) is 2. The van der Waals surface area contributed by atoms with Gasteiger partial charge in [0.05, 0.1) is 18.2 Å². The highest BCUT2D eigenvalue weighted by Crippen LogP contribution is 2.37. The number of rotatable bonds is 3. The van der Waals surface area contributed by atoms with Crippen LogP contribution < -0.4 is 10.6 Å². The van der Waals surface area contributed by atoms with Gasteiger partial charge in [0, 0.05) is 13.6 Å². The van der Waals surface area contributed by atoms with Gasteiger partial charge in [-0.3, -0.25) is 4.99 Å². The molecule has 5 atom stereocenters. The van der Waals surface area contributed by atoms with Crippen LogP contribution in [0.15, 0.2) is 4.99 Å². The van der Waals surface area contributed by atoms with E-state index in [0.29, 0.717) is 18.2 Å². The van der Waals surface area contributed by atoms with E-state index in [1.165, 1.54) is 19.3 Å². The summed E-state index contributed by atoms with van der Waals surface area (Å²) >= 11 is 0. The number of ether oxygens (including phenoxy) is 1. The van der Waals surface area contributed by atoms with E-state index in [0.717, 1.165) is 30.8 Å². The lowest BCUT2D eigenvalue weighted by Crippen LogP contribution is -2.47. The highest BCUT2D eigenvalue weighted by molar-refractivity contribution is 5.80. The van der Waals surface area contributed by atoms with Crippen LogP contribution in [0.1, 0.15) is 32.6 Å². The molecule has 0 aromatic carbocycles. The fourth-order valence-corrected chi connectivity index (χ4v) is 3.07. The van der Waals surface area contributed by atoms with Crippen LogP contribution in [0.3, 0.4) is 0 Å². The number of aliphatic imine (C=N–C) groups is 1. The van der Waals surface area contributed by atoms with Crippen molar-refractivity contribution in [2.75, 3.05) is 13.6 Å². The summed E-state index contributed by atoms with van der Waals surface area (Å²) < 4.78 is 5.84. The van der Waals surface area contributed by atoms with E-state index < -0.39 is 0 Å². The lowest BCUT2D eigenvalue weighted by Gasteiger charge is -2.22. The maximum atomic E-state index is 5.84. The van der Waals surface area contributed by atoms with Gasteiger partial charge in [0.25, 0.3) is 0 Å². The molecule has 0 aromatic heterocycles. The van der Waals surface area contributed by atoms with Gasteiger partial charge in [0.15, 0.2) is 5.96 Å². The zero-order chi connectivity index (χ0) is 11.8. The van der Waals surface area contributed by atoms with E-state index in [1.54, 1.807) is 0 Å². The number of hydrogen-bond donors (Lipinski definition) is 2. The van der Waals surface area contributed by atoms with Gasteiger partial charge in [-0.2, -0.15) is 0 Å². The van der Waals surface area contributed by atoms with Gasteiger partial charge in [-0.05, 0) is 37.5 Å². The van der Waals surface area contributed by atoms with Crippen molar-refractivity contribution in [1.82, 2.24) is 10.6 Å². The van der Waals surface area contributed by atoms with Gasteiger partial charge in [0.1, 0.15) is 0 Å². The molecule has 2 heterocycles. The first-order chi connectivity index (χ1) is 8.26. The topological polar surface area (TPSA) is 45.7 Å². The average Bonchev–Trinajstić information content (AvgIpc) is 2.78. The van der Waals surface area contributed by atoms with Crippen LogP contribution in [-0.2, 0) is 4.74 Å². The average molecular weight is 237 g/mol. The highest BCUT2D eigenvalue weighted by atomic mass is 16.5. The molecule has 1 aliphatic carbocycles. The molecule has 96 valence electrons. The summed E-state index contributed by atoms with van der Waals surface area (Å²) in [5.74, 6) is 2.70. The van der Waals surface area contributed by atoms with Crippen molar-refractivity contribution in [3.63, 3.8) is 0 Å². The molecule has 2 N–H and O–H groups in total. The van der Waals surface area contributed by atoms with Gasteiger partial charge >= 0.3 is 0 Å². The second-order valence-electron chi connectivity index (χ2n) is 5.79. The van der Waals surface area contributed by atoms with Gasteiger partial charge in [-0.15, -0.1) is 0 Å². The first-order valence-electron chi connectivity index (χ1n) is 6.89. The van der Waals surface area contributed by atoms with Crippen LogP contribution in [0.25, 0.3) is 0 Å². The summed E-state index contributed by atoms with van der Waals surface area (Å²) in [6, 6.07) is 0.469. The minimum Gasteiger partial charge on any atom is -0.373 e. The Morgan fingerprint density at radius 3 is 2.71 bits per heavy atom. The fourth-order valence-electron chi connectivity index (χ4n) is 3.07. The Labute approximate surface area is 103 Å². The molecule has 0 spiro atoms. The Morgan fingerprint density at radius 2 is 2.18 bits per heavy atom. The lowest BCUT2D eigenvalue weighted by atomic mass is 9.96. The standard InChI is InChI=1S/C13H23N3O/c1-8-5-9(8)7-15-13(14-2)16-11-6-10-3-4-12(11)17-10/h8-12H,3-7H2,1-2H3,(H2,14,15,16). The van der Waals surface area contributed by atoms with Crippen molar-refractivity contribution in [3.8, 4) is 0 Å². The van der Waals surface area contributed by atoms with Crippen molar-refractivity contribution < 1.29 is 4.74 Å². The van der Waals surface area contributed by atoms with E-state index in [2.05, 4.69) is 22.5 Å². The SMILES string of the molecule is CN=C(NCC1CC1C)NC1CC2CCC1O2. The van der Waals surface area contributed by atoms with Crippen molar-refractivity contribution in [2.24, 2.45) is 16.8 Å². The molecule has 0 amide bonds. The number of fused-ring (bicyclic) bond motifs is 2. The van der Waals surface area contributed by atoms with Gasteiger partial charge in [-0.1, -0.05) is 6.92 Å². The Hall–Kier alpha value is -0.770. The van der Waals surface area contributed by atoms with E-state index in [1.807, 2.05) is 7.05 Å². The molecule has 2 bridgehead atoms. The van der Waals surface area contributed by atoms with E-state index in [4.69, 9.17) is 4.74 Å². The number of nitrogens with zero attached hydrogens (tertiary/aromatic N) is 1. The van der Waals surface area contributed by atoms with Crippen LogP contribution in [0.4, 0.5) is 0 Å². The third-order valence-corrected chi connectivity index (χ3v) is 4.46. The molecule has 2 aliphatic heterocycles. The molecule has 1 saturated carbocycles. The normalized spacial score (nSPS) is 43.9. The van der Waals surface area contributed by atoms with Crippen molar-refractivity contribution >= 4 is 5.96 Å². The van der Waals surface area contributed by atoms with Gasteiger partial charge in [-0.25, -0.2) is 0 Å². The lowest BCUT2D eigenvalue weighted by molar-refractivity contribution is 0.0992. The summed E-state index contributed by atoms with van der Waals surface area (Å²) in [5.41, 5.74) is 0. The summed E-state index contributed by atoms with van der Waals surface area (Å²) in [5, 5.41) is 6.94. The summed E-state index contributed by atoms with van der Waals surface area (Å²) in [6.45, 7) is 3.37. The van der Waals surface area contributed by atoms with Crippen LogP contribution in [0.5, 0.6) is 0 Å². The Kier molecular flexibility index (Phi) is 2.99. The predicted octanol–water partition coefficient (Wildman–Crippen LogP) is 1.13. The molecule has 0 aromatic rings. The molecule has 3 fully saturated rings. The van der Waals surface area contributed by atoms with Gasteiger partial charge < -0.3 is 15.4 Å². The highest BCUT2D eigenvalue weighted by Gasteiger charge is 2.41. The number of nitrogens with one attached hydrogen (secondary N) is 2. The summed E-state index contributed by atoms with van der Waals surface area (Å²) in [4.78, 5) is 4.30. The fraction of sp³-hybridized carbons (Fsp3) is 0.923. The number of guanidine groups is 1. The van der Waals surface area contributed by atoms with Crippen LogP contribution >= 0.6 is 0 Å². The second-order valence-corrected chi connectivity index (χ2v) is 5.79. The molecule has 3 aliphatic rings. The zero-order valence-corrected chi connectivity index (χ0v) is 10.8. The minimum absolute atomic E-state index is 0.415. The molecule has 17 heavy (non-hydrogen) atoms. The molecule has 0 radical (unpaired) electrons. The molecule has 5 unspecified atom stereocenters. The van der Waals surface area contributed by atoms with Crippen LogP contribution in [-0.4, -0.2) is 37.8 Å². The third-order valence-electron chi connectivity index (χ3n) is 4.46. The molecule has 3 rings (SSSR count). The summed E-state index contributed by atoms with van der Waals surface area (Å²) in [6.07, 6.45) is 5.87. The molecular formula is C13H23N3O. The maximum Gasteiger partial charge on any atom is 0.191 e. The Morgan fingerprint density at radius 1 is 1.35 bits per heavy atom. The quantitative estimate of drug-likeness (QED) is 0.571. The van der Waals surface area contributed by atoms with Crippen molar-refractivity contribution in [2.45, 2.75) is 50.9 Å². The van der Waals surface area contributed by atoms with Crippen LogP contribution in [0, 0.1) is 11.8 Å². The molecule has 4 heteroatoms. The molecule has 4 nitrogen and oxygen atoms in total. The second kappa shape index (κ2) is 4.48. The largest absolute Gasteiger partial charge is 0.373 e. The molecule has 2 saturated heterocycles. The molecular weight excluding hydrogens is 214 g/mol. The summed E-state index contributed by atoms with van der Waals surface area (Å²) in [7, 11) is 1.85. The Bertz CT molecular complexity index is 318. The van der Waals surface area contributed by atoms with Crippen LogP contribution in [0.2, 0.25) is 0 Å². The smallest absolute Gasteiger partial charge is 0.191 e. The van der Waals surface area contributed by atoms with Gasteiger partial charge in [0.2, 0.25) is 0 Å². The predicted molar refractivity (Wildman–Crippen MR) is 68.1 cm³/mol. The van der Waals surface area contributed by atoms with Crippen molar-refractivity contribution in [3.05, 3.63) is 0 Å². The third kappa shape index (κ3) is 2.41. The minimum atomic E-state index is 0.415. The maximum absolute atomic E-state index is 5.84. The van der Waals surface area contributed by atoms with E-state index in [-0.39, 0.29) is 0 Å². The van der Waals surface area contributed by atoms with E-state index >= 15 is 0 Å².